The van der Waals surface area contributed by atoms with E-state index >= 15 is 0 Å². The van der Waals surface area contributed by atoms with Crippen LogP contribution in [0.3, 0.4) is 0 Å². The second-order valence-electron chi connectivity index (χ2n) is 5.92. The van der Waals surface area contributed by atoms with Gasteiger partial charge in [0.15, 0.2) is 0 Å². The zero-order valence-corrected chi connectivity index (χ0v) is 12.8. The van der Waals surface area contributed by atoms with E-state index in [0.717, 1.165) is 12.8 Å². The first-order chi connectivity index (χ1) is 11.1. The van der Waals surface area contributed by atoms with Crippen LogP contribution in [-0.4, -0.2) is 17.0 Å². The molecule has 0 spiro atoms. The third-order valence-electron chi connectivity index (χ3n) is 4.15. The standard InChI is InChI=1S/C19H19NO3/c21-18(22)11-13-4-3-7-17(10-13)20-19(23)16-9-8-14-5-1-2-6-15(14)12-16/h3-4,7-10,12H,1-2,5-6,11H2,(H,20,23)(H,21,22). The number of carbonyl (C=O) groups is 2. The van der Waals surface area contributed by atoms with Crippen LogP contribution in [-0.2, 0) is 24.1 Å². The van der Waals surface area contributed by atoms with E-state index in [0.29, 0.717) is 16.8 Å². The van der Waals surface area contributed by atoms with Gasteiger partial charge in [0.1, 0.15) is 0 Å². The topological polar surface area (TPSA) is 66.4 Å². The Kier molecular flexibility index (Phi) is 4.42. The number of aryl methyl sites for hydroxylation is 2. The van der Waals surface area contributed by atoms with Crippen molar-refractivity contribution in [3.05, 3.63) is 64.7 Å². The fourth-order valence-electron chi connectivity index (χ4n) is 3.01. The highest BCUT2D eigenvalue weighted by Crippen LogP contribution is 2.23. The van der Waals surface area contributed by atoms with Crippen LogP contribution in [0.5, 0.6) is 0 Å². The Morgan fingerprint density at radius 2 is 1.78 bits per heavy atom. The third-order valence-corrected chi connectivity index (χ3v) is 4.15. The summed E-state index contributed by atoms with van der Waals surface area (Å²) in [7, 11) is 0. The van der Waals surface area contributed by atoms with E-state index in [9.17, 15) is 9.59 Å². The monoisotopic (exact) mass is 309 g/mol. The van der Waals surface area contributed by atoms with Crippen molar-refractivity contribution >= 4 is 17.6 Å². The van der Waals surface area contributed by atoms with E-state index in [4.69, 9.17) is 5.11 Å². The molecule has 4 nitrogen and oxygen atoms in total. The van der Waals surface area contributed by atoms with E-state index in [1.165, 1.54) is 24.0 Å². The minimum Gasteiger partial charge on any atom is -0.481 e. The molecule has 2 N–H and O–H groups in total. The van der Waals surface area contributed by atoms with Gasteiger partial charge in [0.25, 0.3) is 5.91 Å². The van der Waals surface area contributed by atoms with Crippen molar-refractivity contribution in [1.82, 2.24) is 0 Å². The molecule has 3 rings (SSSR count). The summed E-state index contributed by atoms with van der Waals surface area (Å²) >= 11 is 0. The number of benzene rings is 2. The van der Waals surface area contributed by atoms with Crippen LogP contribution >= 0.6 is 0 Å². The Hall–Kier alpha value is -2.62. The second-order valence-corrected chi connectivity index (χ2v) is 5.92. The maximum absolute atomic E-state index is 12.4. The first-order valence-corrected chi connectivity index (χ1v) is 7.86. The number of carbonyl (C=O) groups excluding carboxylic acids is 1. The smallest absolute Gasteiger partial charge is 0.307 e. The van der Waals surface area contributed by atoms with Crippen LogP contribution in [0.15, 0.2) is 42.5 Å². The van der Waals surface area contributed by atoms with Crippen molar-refractivity contribution in [3.63, 3.8) is 0 Å². The molecule has 1 aliphatic rings. The molecular weight excluding hydrogens is 290 g/mol. The number of hydrogen-bond acceptors (Lipinski definition) is 2. The molecule has 118 valence electrons. The van der Waals surface area contributed by atoms with E-state index in [1.54, 1.807) is 24.3 Å². The molecule has 0 radical (unpaired) electrons. The summed E-state index contributed by atoms with van der Waals surface area (Å²) < 4.78 is 0. The fraction of sp³-hybridized carbons (Fsp3) is 0.263. The number of carboxylic acids is 1. The molecule has 2 aromatic carbocycles. The van der Waals surface area contributed by atoms with Crippen LogP contribution < -0.4 is 5.32 Å². The predicted molar refractivity (Wildman–Crippen MR) is 88.8 cm³/mol. The Bertz CT molecular complexity index is 752. The molecular formula is C19H19NO3. The summed E-state index contributed by atoms with van der Waals surface area (Å²) in [6.45, 7) is 0. The molecule has 23 heavy (non-hydrogen) atoms. The maximum atomic E-state index is 12.4. The summed E-state index contributed by atoms with van der Waals surface area (Å²) in [5, 5.41) is 11.7. The molecule has 0 heterocycles. The Labute approximate surface area is 135 Å². The summed E-state index contributed by atoms with van der Waals surface area (Å²) in [5.41, 5.74) is 4.54. The number of amides is 1. The van der Waals surface area contributed by atoms with Gasteiger partial charge < -0.3 is 10.4 Å². The molecule has 2 aromatic rings. The largest absolute Gasteiger partial charge is 0.481 e. The van der Waals surface area contributed by atoms with Gasteiger partial charge in [0, 0.05) is 11.3 Å². The van der Waals surface area contributed by atoms with E-state index in [-0.39, 0.29) is 12.3 Å². The van der Waals surface area contributed by atoms with Gasteiger partial charge in [0.2, 0.25) is 0 Å². The quantitative estimate of drug-likeness (QED) is 0.909. The van der Waals surface area contributed by atoms with Gasteiger partial charge in [-0.3, -0.25) is 9.59 Å². The fourth-order valence-corrected chi connectivity index (χ4v) is 3.01. The number of nitrogens with one attached hydrogen (secondary N) is 1. The lowest BCUT2D eigenvalue weighted by Gasteiger charge is -2.16. The highest BCUT2D eigenvalue weighted by Gasteiger charge is 2.13. The molecule has 4 heteroatoms. The normalized spacial score (nSPS) is 13.2. The van der Waals surface area contributed by atoms with Crippen LogP contribution in [0.4, 0.5) is 5.69 Å². The van der Waals surface area contributed by atoms with Crippen molar-refractivity contribution in [3.8, 4) is 0 Å². The number of aliphatic carboxylic acids is 1. The Balaban J connectivity index is 1.75. The van der Waals surface area contributed by atoms with Crippen LogP contribution in [0.2, 0.25) is 0 Å². The van der Waals surface area contributed by atoms with E-state index in [1.807, 2.05) is 18.2 Å². The minimum absolute atomic E-state index is 0.0530. The van der Waals surface area contributed by atoms with E-state index < -0.39 is 5.97 Å². The minimum atomic E-state index is -0.886. The molecule has 0 aliphatic heterocycles. The van der Waals surface area contributed by atoms with Gasteiger partial charge >= 0.3 is 5.97 Å². The Morgan fingerprint density at radius 3 is 2.57 bits per heavy atom. The van der Waals surface area contributed by atoms with Crippen LogP contribution in [0.25, 0.3) is 0 Å². The van der Waals surface area contributed by atoms with Crippen molar-refractivity contribution in [2.24, 2.45) is 0 Å². The zero-order valence-electron chi connectivity index (χ0n) is 12.8. The predicted octanol–water partition coefficient (Wildman–Crippen LogP) is 3.44. The summed E-state index contributed by atoms with van der Waals surface area (Å²) in [4.78, 5) is 23.2. The van der Waals surface area contributed by atoms with Gasteiger partial charge in [0.05, 0.1) is 6.42 Å². The lowest BCUT2D eigenvalue weighted by molar-refractivity contribution is -0.136. The molecule has 1 amide bonds. The third kappa shape index (κ3) is 3.77. The van der Waals surface area contributed by atoms with Gasteiger partial charge in [-0.05, 0) is 66.6 Å². The van der Waals surface area contributed by atoms with Crippen molar-refractivity contribution in [2.75, 3.05) is 5.32 Å². The average Bonchev–Trinajstić information content (AvgIpc) is 2.54. The molecule has 1 aliphatic carbocycles. The highest BCUT2D eigenvalue weighted by molar-refractivity contribution is 6.04. The number of rotatable bonds is 4. The van der Waals surface area contributed by atoms with Crippen molar-refractivity contribution in [2.45, 2.75) is 32.1 Å². The molecule has 0 saturated heterocycles. The molecule has 0 fully saturated rings. The SMILES string of the molecule is O=C(O)Cc1cccc(NC(=O)c2ccc3c(c2)CCCC3)c1. The molecule has 0 saturated carbocycles. The lowest BCUT2D eigenvalue weighted by atomic mass is 9.90. The molecule has 0 atom stereocenters. The number of hydrogen-bond donors (Lipinski definition) is 2. The second kappa shape index (κ2) is 6.65. The molecule has 0 bridgehead atoms. The summed E-state index contributed by atoms with van der Waals surface area (Å²) in [6.07, 6.45) is 4.46. The number of carboxylic acid groups (broad SMARTS) is 1. The first kappa shape index (κ1) is 15.3. The van der Waals surface area contributed by atoms with Crippen molar-refractivity contribution in [1.29, 1.82) is 0 Å². The van der Waals surface area contributed by atoms with Gasteiger partial charge in [-0.1, -0.05) is 18.2 Å². The summed E-state index contributed by atoms with van der Waals surface area (Å²) in [6, 6.07) is 12.8. The number of fused-ring (bicyclic) bond motifs is 1. The average molecular weight is 309 g/mol. The molecule has 0 unspecified atom stereocenters. The highest BCUT2D eigenvalue weighted by atomic mass is 16.4. The maximum Gasteiger partial charge on any atom is 0.307 e. The van der Waals surface area contributed by atoms with Crippen molar-refractivity contribution < 1.29 is 14.7 Å². The van der Waals surface area contributed by atoms with Crippen LogP contribution in [0.1, 0.15) is 39.9 Å². The molecule has 0 aromatic heterocycles. The summed E-state index contributed by atoms with van der Waals surface area (Å²) in [5.74, 6) is -1.05. The van der Waals surface area contributed by atoms with Crippen LogP contribution in [0, 0.1) is 0 Å². The van der Waals surface area contributed by atoms with E-state index in [2.05, 4.69) is 5.32 Å². The lowest BCUT2D eigenvalue weighted by Crippen LogP contribution is -2.14. The first-order valence-electron chi connectivity index (χ1n) is 7.86. The van der Waals surface area contributed by atoms with Gasteiger partial charge in [-0.15, -0.1) is 0 Å². The zero-order chi connectivity index (χ0) is 16.2. The van der Waals surface area contributed by atoms with Gasteiger partial charge in [-0.2, -0.15) is 0 Å². The Morgan fingerprint density at radius 1 is 1.00 bits per heavy atom. The number of anilines is 1. The van der Waals surface area contributed by atoms with Gasteiger partial charge in [-0.25, -0.2) is 0 Å².